The van der Waals surface area contributed by atoms with E-state index in [0.717, 1.165) is 0 Å². The molecule has 11 nitrogen and oxygen atoms in total. The Bertz CT molecular complexity index is 551. The van der Waals surface area contributed by atoms with Crippen LogP contribution in [0.3, 0.4) is 0 Å². The van der Waals surface area contributed by atoms with Gasteiger partial charge in [0, 0.05) is 6.42 Å². The zero-order chi connectivity index (χ0) is 20.4. The van der Waals surface area contributed by atoms with Crippen molar-refractivity contribution in [1.82, 2.24) is 10.6 Å². The zero-order valence-corrected chi connectivity index (χ0v) is 14.9. The van der Waals surface area contributed by atoms with Crippen LogP contribution in [-0.2, 0) is 24.0 Å². The van der Waals surface area contributed by atoms with Crippen LogP contribution >= 0.6 is 0 Å². The number of amides is 4. The topological polar surface area (TPSA) is 208 Å². The van der Waals surface area contributed by atoms with Crippen LogP contribution < -0.4 is 27.8 Å². The first-order chi connectivity index (χ1) is 11.9. The van der Waals surface area contributed by atoms with E-state index in [1.165, 1.54) is 0 Å². The predicted octanol–water partition coefficient (Wildman–Crippen LogP) is -2.45. The van der Waals surface area contributed by atoms with E-state index in [9.17, 15) is 24.0 Å². The largest absolute Gasteiger partial charge is 0.480 e. The molecule has 0 aliphatic rings. The third-order valence-electron chi connectivity index (χ3n) is 3.39. The van der Waals surface area contributed by atoms with E-state index in [1.54, 1.807) is 0 Å². The zero-order valence-electron chi connectivity index (χ0n) is 14.9. The van der Waals surface area contributed by atoms with Crippen LogP contribution in [0.2, 0.25) is 0 Å². The van der Waals surface area contributed by atoms with Gasteiger partial charge >= 0.3 is 5.97 Å². The van der Waals surface area contributed by atoms with Gasteiger partial charge in [-0.25, -0.2) is 4.79 Å². The van der Waals surface area contributed by atoms with Crippen molar-refractivity contribution >= 4 is 29.6 Å². The van der Waals surface area contributed by atoms with Gasteiger partial charge in [0.15, 0.2) is 0 Å². The molecule has 0 saturated carbocycles. The number of aliphatic carboxylic acids is 1. The Morgan fingerprint density at radius 3 is 1.88 bits per heavy atom. The number of carboxylic acids is 1. The quantitative estimate of drug-likeness (QED) is 0.217. The highest BCUT2D eigenvalue weighted by Crippen LogP contribution is 2.05. The predicted molar refractivity (Wildman–Crippen MR) is 91.2 cm³/mol. The van der Waals surface area contributed by atoms with E-state index < -0.39 is 54.1 Å². The third-order valence-corrected chi connectivity index (χ3v) is 3.39. The average Bonchev–Trinajstić information content (AvgIpc) is 2.48. The van der Waals surface area contributed by atoms with Gasteiger partial charge in [0.1, 0.15) is 12.1 Å². The fourth-order valence-corrected chi connectivity index (χ4v) is 2.12. The maximum atomic E-state index is 12.3. The Hall–Kier alpha value is -2.69. The molecule has 4 amide bonds. The first kappa shape index (κ1) is 23.3. The molecule has 0 saturated heterocycles. The van der Waals surface area contributed by atoms with Crippen LogP contribution in [0.5, 0.6) is 0 Å². The number of carboxylic acid groups (broad SMARTS) is 1. The number of carbonyl (C=O) groups is 5. The molecule has 0 rings (SSSR count). The van der Waals surface area contributed by atoms with Crippen molar-refractivity contribution in [2.24, 2.45) is 23.1 Å². The Balaban J connectivity index is 5.11. The van der Waals surface area contributed by atoms with Gasteiger partial charge in [0.25, 0.3) is 0 Å². The lowest BCUT2D eigenvalue weighted by molar-refractivity contribution is -0.143. The number of hydrogen-bond acceptors (Lipinski definition) is 6. The molecule has 148 valence electrons. The number of rotatable bonds is 12. The minimum atomic E-state index is -1.56. The van der Waals surface area contributed by atoms with Crippen LogP contribution in [0.1, 0.15) is 39.5 Å². The normalized spacial score (nSPS) is 14.2. The first-order valence-electron chi connectivity index (χ1n) is 8.09. The van der Waals surface area contributed by atoms with Gasteiger partial charge < -0.3 is 32.9 Å². The highest BCUT2D eigenvalue weighted by molar-refractivity contribution is 5.93. The lowest BCUT2D eigenvalue weighted by atomic mass is 10.0. The van der Waals surface area contributed by atoms with Crippen molar-refractivity contribution in [3.05, 3.63) is 0 Å². The Morgan fingerprint density at radius 2 is 1.46 bits per heavy atom. The summed E-state index contributed by atoms with van der Waals surface area (Å²) < 4.78 is 0. The van der Waals surface area contributed by atoms with Crippen LogP contribution in [-0.4, -0.2) is 52.8 Å². The third kappa shape index (κ3) is 9.57. The molecule has 0 aromatic heterocycles. The summed E-state index contributed by atoms with van der Waals surface area (Å²) in [6.45, 7) is 3.73. The smallest absolute Gasteiger partial charge is 0.326 e. The first-order valence-corrected chi connectivity index (χ1v) is 8.09. The van der Waals surface area contributed by atoms with E-state index in [-0.39, 0.29) is 18.8 Å². The molecule has 3 unspecified atom stereocenters. The standard InChI is InChI=1S/C15H27N5O6/c1-7(2)5-8(16)13(23)19-9(3-4-11(17)21)14(24)20-10(15(25)26)6-12(18)22/h7-10H,3-6,16H2,1-2H3,(H2,17,21)(H2,18,22)(H,19,23)(H,20,24)(H,25,26). The average molecular weight is 373 g/mol. The Labute approximate surface area is 151 Å². The minimum Gasteiger partial charge on any atom is -0.480 e. The fourth-order valence-electron chi connectivity index (χ4n) is 2.12. The maximum absolute atomic E-state index is 12.3. The second-order valence-electron chi connectivity index (χ2n) is 6.37. The van der Waals surface area contributed by atoms with Crippen molar-refractivity contribution in [3.63, 3.8) is 0 Å². The summed E-state index contributed by atoms with van der Waals surface area (Å²) in [7, 11) is 0. The Kier molecular flexibility index (Phi) is 9.89. The molecule has 0 spiro atoms. The van der Waals surface area contributed by atoms with Crippen LogP contribution in [0, 0.1) is 5.92 Å². The summed E-state index contributed by atoms with van der Waals surface area (Å²) in [5, 5.41) is 13.5. The number of nitrogens with two attached hydrogens (primary N) is 3. The fraction of sp³-hybridized carbons (Fsp3) is 0.667. The Morgan fingerprint density at radius 1 is 0.923 bits per heavy atom. The number of nitrogens with one attached hydrogen (secondary N) is 2. The summed E-state index contributed by atoms with van der Waals surface area (Å²) in [6.07, 6.45) is -0.616. The second-order valence-corrected chi connectivity index (χ2v) is 6.37. The minimum absolute atomic E-state index is 0.139. The molecule has 0 aromatic carbocycles. The lowest BCUT2D eigenvalue weighted by Crippen LogP contribution is -2.55. The van der Waals surface area contributed by atoms with E-state index in [2.05, 4.69) is 10.6 Å². The molecular weight excluding hydrogens is 346 g/mol. The van der Waals surface area contributed by atoms with Crippen molar-refractivity contribution in [2.45, 2.75) is 57.7 Å². The summed E-state index contributed by atoms with van der Waals surface area (Å²) in [5.41, 5.74) is 15.7. The molecule has 9 N–H and O–H groups in total. The van der Waals surface area contributed by atoms with Gasteiger partial charge in [-0.05, 0) is 18.8 Å². The monoisotopic (exact) mass is 373 g/mol. The van der Waals surface area contributed by atoms with Gasteiger partial charge in [0.05, 0.1) is 12.5 Å². The molecule has 0 aliphatic carbocycles. The summed E-state index contributed by atoms with van der Waals surface area (Å²) in [4.78, 5) is 57.4. The lowest BCUT2D eigenvalue weighted by Gasteiger charge is -2.22. The molecule has 26 heavy (non-hydrogen) atoms. The van der Waals surface area contributed by atoms with Gasteiger partial charge in [-0.3, -0.25) is 19.2 Å². The van der Waals surface area contributed by atoms with E-state index in [4.69, 9.17) is 22.3 Å². The van der Waals surface area contributed by atoms with Crippen molar-refractivity contribution in [2.75, 3.05) is 0 Å². The van der Waals surface area contributed by atoms with Crippen LogP contribution in [0.25, 0.3) is 0 Å². The van der Waals surface area contributed by atoms with Gasteiger partial charge in [-0.1, -0.05) is 13.8 Å². The maximum Gasteiger partial charge on any atom is 0.326 e. The number of hydrogen-bond donors (Lipinski definition) is 6. The van der Waals surface area contributed by atoms with Gasteiger partial charge in [-0.2, -0.15) is 0 Å². The van der Waals surface area contributed by atoms with Crippen LogP contribution in [0.4, 0.5) is 0 Å². The molecule has 0 bridgehead atoms. The second kappa shape index (κ2) is 11.0. The van der Waals surface area contributed by atoms with E-state index >= 15 is 0 Å². The van der Waals surface area contributed by atoms with E-state index in [1.807, 2.05) is 13.8 Å². The molecule has 0 aliphatic heterocycles. The molecule has 0 aromatic rings. The van der Waals surface area contributed by atoms with Gasteiger partial charge in [0.2, 0.25) is 23.6 Å². The van der Waals surface area contributed by atoms with Crippen molar-refractivity contribution in [3.8, 4) is 0 Å². The molecule has 0 heterocycles. The molecule has 0 radical (unpaired) electrons. The SMILES string of the molecule is CC(C)CC(N)C(=O)NC(CCC(N)=O)C(=O)NC(CC(N)=O)C(=O)O. The molecule has 0 fully saturated rings. The van der Waals surface area contributed by atoms with Gasteiger partial charge in [-0.15, -0.1) is 0 Å². The highest BCUT2D eigenvalue weighted by Gasteiger charge is 2.29. The number of primary amides is 2. The summed E-state index contributed by atoms with van der Waals surface area (Å²) in [6, 6.07) is -3.67. The van der Waals surface area contributed by atoms with E-state index in [0.29, 0.717) is 6.42 Å². The number of carbonyl (C=O) groups excluding carboxylic acids is 4. The molecule has 3 atom stereocenters. The van der Waals surface area contributed by atoms with Crippen LogP contribution in [0.15, 0.2) is 0 Å². The van der Waals surface area contributed by atoms with Crippen molar-refractivity contribution in [1.29, 1.82) is 0 Å². The summed E-state index contributed by atoms with van der Waals surface area (Å²) in [5.74, 6) is -4.45. The highest BCUT2D eigenvalue weighted by atomic mass is 16.4. The van der Waals surface area contributed by atoms with Crippen molar-refractivity contribution < 1.29 is 29.1 Å². The molecule has 11 heteroatoms. The summed E-state index contributed by atoms with van der Waals surface area (Å²) >= 11 is 0. The molecular formula is C15H27N5O6.